The Morgan fingerprint density at radius 3 is 2.62 bits per heavy atom. The number of halogens is 3. The Morgan fingerprint density at radius 1 is 1.19 bits per heavy atom. The highest BCUT2D eigenvalue weighted by Crippen LogP contribution is 2.28. The van der Waals surface area contributed by atoms with Gasteiger partial charge in [-0.1, -0.05) is 6.07 Å². The van der Waals surface area contributed by atoms with Gasteiger partial charge in [-0.15, -0.1) is 0 Å². The molecule has 3 rings (SSSR count). The van der Waals surface area contributed by atoms with Crippen LogP contribution in [0.2, 0.25) is 0 Å². The molecule has 3 aromatic rings. The molecule has 1 amide bonds. The first-order valence-corrected chi connectivity index (χ1v) is 7.61. The van der Waals surface area contributed by atoms with Gasteiger partial charge in [0.05, 0.1) is 23.0 Å². The largest absolute Gasteiger partial charge is 0.417 e. The second-order valence-corrected chi connectivity index (χ2v) is 5.50. The zero-order valence-electron chi connectivity index (χ0n) is 13.7. The van der Waals surface area contributed by atoms with Gasteiger partial charge < -0.3 is 5.32 Å². The SMILES string of the molecule is Cc1c(C(=O)NCc2cccnc2)cnn1-c1ccc(C(F)(F)F)cn1. The van der Waals surface area contributed by atoms with Crippen LogP contribution in [-0.2, 0) is 12.7 Å². The van der Waals surface area contributed by atoms with Crippen LogP contribution in [0.4, 0.5) is 13.2 Å². The van der Waals surface area contributed by atoms with Crippen LogP contribution in [-0.4, -0.2) is 25.7 Å². The van der Waals surface area contributed by atoms with Crippen molar-refractivity contribution >= 4 is 5.91 Å². The number of alkyl halides is 3. The van der Waals surface area contributed by atoms with E-state index in [-0.39, 0.29) is 11.7 Å². The van der Waals surface area contributed by atoms with E-state index in [0.717, 1.165) is 17.8 Å². The lowest BCUT2D eigenvalue weighted by molar-refractivity contribution is -0.137. The van der Waals surface area contributed by atoms with Crippen molar-refractivity contribution in [2.75, 3.05) is 0 Å². The number of aromatic nitrogens is 4. The van der Waals surface area contributed by atoms with Gasteiger partial charge in [0.1, 0.15) is 0 Å². The average Bonchev–Trinajstić information content (AvgIpc) is 3.01. The molecule has 26 heavy (non-hydrogen) atoms. The highest BCUT2D eigenvalue weighted by molar-refractivity contribution is 5.95. The molecule has 3 aromatic heterocycles. The Kier molecular flexibility index (Phi) is 4.70. The van der Waals surface area contributed by atoms with Gasteiger partial charge in [-0.3, -0.25) is 9.78 Å². The number of nitrogens with one attached hydrogen (secondary N) is 1. The lowest BCUT2D eigenvalue weighted by Gasteiger charge is -2.08. The maximum atomic E-state index is 12.6. The van der Waals surface area contributed by atoms with Crippen LogP contribution >= 0.6 is 0 Å². The zero-order valence-corrected chi connectivity index (χ0v) is 13.7. The summed E-state index contributed by atoms with van der Waals surface area (Å²) in [6.07, 6.45) is 0.910. The van der Waals surface area contributed by atoms with Crippen molar-refractivity contribution in [1.29, 1.82) is 0 Å². The number of amides is 1. The molecule has 134 valence electrons. The Morgan fingerprint density at radius 2 is 2.00 bits per heavy atom. The first-order valence-electron chi connectivity index (χ1n) is 7.61. The van der Waals surface area contributed by atoms with E-state index in [4.69, 9.17) is 0 Å². The lowest BCUT2D eigenvalue weighted by Crippen LogP contribution is -2.23. The normalized spacial score (nSPS) is 11.4. The third kappa shape index (κ3) is 3.71. The Labute approximate surface area is 146 Å². The van der Waals surface area contributed by atoms with Gasteiger partial charge in [0.2, 0.25) is 0 Å². The summed E-state index contributed by atoms with van der Waals surface area (Å²) in [6, 6.07) is 5.72. The van der Waals surface area contributed by atoms with E-state index in [1.54, 1.807) is 25.4 Å². The number of rotatable bonds is 4. The third-order valence-electron chi connectivity index (χ3n) is 3.72. The fourth-order valence-electron chi connectivity index (χ4n) is 2.32. The van der Waals surface area contributed by atoms with Crippen molar-refractivity contribution < 1.29 is 18.0 Å². The molecule has 0 saturated heterocycles. The number of pyridine rings is 2. The molecular formula is C17H14F3N5O. The number of nitrogens with zero attached hydrogens (tertiary/aromatic N) is 4. The van der Waals surface area contributed by atoms with Crippen LogP contribution in [0.15, 0.2) is 49.1 Å². The summed E-state index contributed by atoms with van der Waals surface area (Å²) in [7, 11) is 0. The minimum Gasteiger partial charge on any atom is -0.348 e. The molecule has 0 spiro atoms. The molecule has 0 atom stereocenters. The average molecular weight is 361 g/mol. The molecule has 0 aliphatic rings. The molecular weight excluding hydrogens is 347 g/mol. The van der Waals surface area contributed by atoms with Crippen molar-refractivity contribution in [3.05, 3.63) is 71.4 Å². The van der Waals surface area contributed by atoms with E-state index in [0.29, 0.717) is 17.8 Å². The molecule has 0 radical (unpaired) electrons. The Bertz CT molecular complexity index is 904. The molecule has 3 heterocycles. The summed E-state index contributed by atoms with van der Waals surface area (Å²) in [5, 5.41) is 6.80. The molecule has 0 bridgehead atoms. The first-order chi connectivity index (χ1) is 12.4. The summed E-state index contributed by atoms with van der Waals surface area (Å²) >= 11 is 0. The fourth-order valence-corrected chi connectivity index (χ4v) is 2.32. The van der Waals surface area contributed by atoms with E-state index in [2.05, 4.69) is 20.4 Å². The number of carbonyl (C=O) groups excluding carboxylic acids is 1. The van der Waals surface area contributed by atoms with Gasteiger partial charge in [-0.25, -0.2) is 9.67 Å². The molecule has 0 aliphatic carbocycles. The van der Waals surface area contributed by atoms with Crippen LogP contribution < -0.4 is 5.32 Å². The van der Waals surface area contributed by atoms with Crippen LogP contribution in [0.5, 0.6) is 0 Å². The van der Waals surface area contributed by atoms with Crippen LogP contribution in [0.25, 0.3) is 5.82 Å². The van der Waals surface area contributed by atoms with Crippen LogP contribution in [0.3, 0.4) is 0 Å². The fraction of sp³-hybridized carbons (Fsp3) is 0.176. The van der Waals surface area contributed by atoms with Crippen molar-refractivity contribution in [3.8, 4) is 5.82 Å². The minimum absolute atomic E-state index is 0.196. The van der Waals surface area contributed by atoms with Gasteiger partial charge in [-0.2, -0.15) is 18.3 Å². The minimum atomic E-state index is -4.46. The van der Waals surface area contributed by atoms with Gasteiger partial charge in [0, 0.05) is 25.1 Å². The summed E-state index contributed by atoms with van der Waals surface area (Å²) in [5.41, 5.74) is 0.785. The summed E-state index contributed by atoms with van der Waals surface area (Å²) in [4.78, 5) is 20.1. The van der Waals surface area contributed by atoms with Gasteiger partial charge >= 0.3 is 6.18 Å². The second-order valence-electron chi connectivity index (χ2n) is 5.50. The zero-order chi connectivity index (χ0) is 18.7. The molecule has 9 heteroatoms. The van der Waals surface area contributed by atoms with Gasteiger partial charge in [0.25, 0.3) is 5.91 Å². The van der Waals surface area contributed by atoms with Crippen molar-refractivity contribution in [1.82, 2.24) is 25.1 Å². The van der Waals surface area contributed by atoms with Crippen LogP contribution in [0, 0.1) is 6.92 Å². The van der Waals surface area contributed by atoms with Crippen molar-refractivity contribution in [2.24, 2.45) is 0 Å². The molecule has 0 unspecified atom stereocenters. The summed E-state index contributed by atoms with van der Waals surface area (Å²) in [5.74, 6) is -0.147. The first kappa shape index (κ1) is 17.6. The maximum Gasteiger partial charge on any atom is 0.417 e. The summed E-state index contributed by atoms with van der Waals surface area (Å²) < 4.78 is 39.2. The van der Waals surface area contributed by atoms with E-state index in [9.17, 15) is 18.0 Å². The molecule has 6 nitrogen and oxygen atoms in total. The predicted molar refractivity (Wildman–Crippen MR) is 86.5 cm³/mol. The van der Waals surface area contributed by atoms with Crippen molar-refractivity contribution in [3.63, 3.8) is 0 Å². The second kappa shape index (κ2) is 6.95. The highest BCUT2D eigenvalue weighted by Gasteiger charge is 2.30. The van der Waals surface area contributed by atoms with Gasteiger partial charge in [0.15, 0.2) is 5.82 Å². The standard InChI is InChI=1S/C17H14F3N5O/c1-11-14(16(26)23-8-12-3-2-6-21-7-12)10-24-25(11)15-5-4-13(9-22-15)17(18,19)20/h2-7,9-10H,8H2,1H3,(H,23,26). The molecule has 0 aromatic carbocycles. The van der Waals surface area contributed by atoms with Crippen LogP contribution in [0.1, 0.15) is 27.2 Å². The van der Waals surface area contributed by atoms with E-state index in [1.165, 1.54) is 16.9 Å². The monoisotopic (exact) mass is 361 g/mol. The smallest absolute Gasteiger partial charge is 0.348 e. The number of hydrogen-bond donors (Lipinski definition) is 1. The molecule has 1 N–H and O–H groups in total. The topological polar surface area (TPSA) is 72.7 Å². The van der Waals surface area contributed by atoms with Crippen molar-refractivity contribution in [2.45, 2.75) is 19.6 Å². The quantitative estimate of drug-likeness (QED) is 0.776. The summed E-state index contributed by atoms with van der Waals surface area (Å²) in [6.45, 7) is 1.95. The molecule has 0 saturated carbocycles. The number of carbonyl (C=O) groups is 1. The molecule has 0 aliphatic heterocycles. The van der Waals surface area contributed by atoms with Gasteiger partial charge in [-0.05, 0) is 30.7 Å². The lowest BCUT2D eigenvalue weighted by atomic mass is 10.2. The molecule has 0 fully saturated rings. The maximum absolute atomic E-state index is 12.6. The van der Waals surface area contributed by atoms with E-state index >= 15 is 0 Å². The highest BCUT2D eigenvalue weighted by atomic mass is 19.4. The van der Waals surface area contributed by atoms with E-state index < -0.39 is 11.7 Å². The predicted octanol–water partition coefficient (Wildman–Crippen LogP) is 2.92. The third-order valence-corrected chi connectivity index (χ3v) is 3.72. The Hall–Kier alpha value is -3.23. The Balaban J connectivity index is 1.76. The number of hydrogen-bond acceptors (Lipinski definition) is 4. The van der Waals surface area contributed by atoms with E-state index in [1.807, 2.05) is 6.07 Å².